The number of benzene rings is 1. The maximum atomic E-state index is 12.8. The number of aromatic hydroxyl groups is 1. The molecule has 2 aromatic rings. The SMILES string of the molecule is CCn1c(O)c(C(=O)c2ccc(OC(C)C)cc2)c(C)c(C#N)c1=O. The summed E-state index contributed by atoms with van der Waals surface area (Å²) in [5, 5.41) is 19.6. The van der Waals surface area contributed by atoms with Crippen molar-refractivity contribution in [1.29, 1.82) is 5.26 Å². The molecule has 1 N–H and O–H groups in total. The van der Waals surface area contributed by atoms with Crippen molar-refractivity contribution in [3.63, 3.8) is 0 Å². The van der Waals surface area contributed by atoms with Crippen LogP contribution in [0.2, 0.25) is 0 Å². The number of aromatic nitrogens is 1. The summed E-state index contributed by atoms with van der Waals surface area (Å²) in [6.45, 7) is 7.10. The molecule has 0 bridgehead atoms. The molecule has 0 aliphatic heterocycles. The second kappa shape index (κ2) is 7.22. The summed E-state index contributed by atoms with van der Waals surface area (Å²) in [6.07, 6.45) is 0.0131. The van der Waals surface area contributed by atoms with Crippen molar-refractivity contribution in [1.82, 2.24) is 4.57 Å². The van der Waals surface area contributed by atoms with Crippen LogP contribution in [0.15, 0.2) is 29.1 Å². The first-order chi connectivity index (χ1) is 11.8. The van der Waals surface area contributed by atoms with E-state index in [4.69, 9.17) is 4.74 Å². The molecule has 0 aliphatic rings. The van der Waals surface area contributed by atoms with Gasteiger partial charge in [-0.2, -0.15) is 5.26 Å². The summed E-state index contributed by atoms with van der Waals surface area (Å²) in [5.74, 6) is -0.245. The van der Waals surface area contributed by atoms with Crippen LogP contribution in [0.1, 0.15) is 47.8 Å². The molecule has 0 amide bonds. The molecule has 0 fully saturated rings. The summed E-state index contributed by atoms with van der Waals surface area (Å²) in [4.78, 5) is 25.0. The Morgan fingerprint density at radius 3 is 2.40 bits per heavy atom. The summed E-state index contributed by atoms with van der Waals surface area (Å²) in [7, 11) is 0. The number of ether oxygens (including phenoxy) is 1. The van der Waals surface area contributed by atoms with Gasteiger partial charge in [0.2, 0.25) is 5.88 Å². The first-order valence-electron chi connectivity index (χ1n) is 7.99. The lowest BCUT2D eigenvalue weighted by molar-refractivity contribution is 0.103. The molecule has 0 atom stereocenters. The number of hydrogen-bond acceptors (Lipinski definition) is 5. The Hall–Kier alpha value is -3.07. The summed E-state index contributed by atoms with van der Waals surface area (Å²) in [5.41, 5.74) is -0.252. The van der Waals surface area contributed by atoms with Crippen LogP contribution >= 0.6 is 0 Å². The number of hydrogen-bond donors (Lipinski definition) is 1. The average molecular weight is 340 g/mol. The average Bonchev–Trinajstić information content (AvgIpc) is 2.55. The highest BCUT2D eigenvalue weighted by Gasteiger charge is 2.24. The third-order valence-electron chi connectivity index (χ3n) is 3.83. The number of carbonyl (C=O) groups excluding carboxylic acids is 1. The summed E-state index contributed by atoms with van der Waals surface area (Å²) >= 11 is 0. The minimum absolute atomic E-state index is 0.0131. The minimum Gasteiger partial charge on any atom is -0.494 e. The van der Waals surface area contributed by atoms with Gasteiger partial charge in [0.1, 0.15) is 17.4 Å². The maximum absolute atomic E-state index is 12.8. The highest BCUT2D eigenvalue weighted by atomic mass is 16.5. The van der Waals surface area contributed by atoms with E-state index < -0.39 is 17.2 Å². The Morgan fingerprint density at radius 2 is 1.92 bits per heavy atom. The monoisotopic (exact) mass is 340 g/mol. The fourth-order valence-electron chi connectivity index (χ4n) is 2.62. The van der Waals surface area contributed by atoms with Crippen LogP contribution < -0.4 is 10.3 Å². The van der Waals surface area contributed by atoms with Crippen molar-refractivity contribution in [2.24, 2.45) is 0 Å². The van der Waals surface area contributed by atoms with Crippen LogP contribution in [-0.2, 0) is 6.54 Å². The zero-order chi connectivity index (χ0) is 18.7. The normalized spacial score (nSPS) is 10.6. The van der Waals surface area contributed by atoms with E-state index in [0.717, 1.165) is 4.57 Å². The van der Waals surface area contributed by atoms with Crippen LogP contribution in [0.5, 0.6) is 11.6 Å². The predicted octanol–water partition coefficient (Wildman–Crippen LogP) is 2.77. The lowest BCUT2D eigenvalue weighted by atomic mass is 9.97. The molecule has 1 heterocycles. The quantitative estimate of drug-likeness (QED) is 0.845. The van der Waals surface area contributed by atoms with Gasteiger partial charge in [0.15, 0.2) is 5.78 Å². The first-order valence-corrected chi connectivity index (χ1v) is 7.99. The second-order valence-electron chi connectivity index (χ2n) is 5.88. The zero-order valence-corrected chi connectivity index (χ0v) is 14.7. The highest BCUT2D eigenvalue weighted by molar-refractivity contribution is 6.11. The fourth-order valence-corrected chi connectivity index (χ4v) is 2.62. The van der Waals surface area contributed by atoms with Crippen LogP contribution in [0.3, 0.4) is 0 Å². The largest absolute Gasteiger partial charge is 0.494 e. The van der Waals surface area contributed by atoms with Gasteiger partial charge in [-0.3, -0.25) is 14.2 Å². The summed E-state index contributed by atoms with van der Waals surface area (Å²) in [6, 6.07) is 8.34. The van der Waals surface area contributed by atoms with Crippen molar-refractivity contribution in [2.45, 2.75) is 40.3 Å². The second-order valence-corrected chi connectivity index (χ2v) is 5.88. The molecule has 130 valence electrons. The van der Waals surface area contributed by atoms with Gasteiger partial charge in [0, 0.05) is 12.1 Å². The lowest BCUT2D eigenvalue weighted by Gasteiger charge is -2.14. The smallest absolute Gasteiger partial charge is 0.271 e. The Bertz CT molecular complexity index is 903. The van der Waals surface area contributed by atoms with Gasteiger partial charge in [-0.05, 0) is 57.5 Å². The summed E-state index contributed by atoms with van der Waals surface area (Å²) < 4.78 is 6.56. The molecule has 2 rings (SSSR count). The third-order valence-corrected chi connectivity index (χ3v) is 3.83. The van der Waals surface area contributed by atoms with Crippen LogP contribution in [-0.4, -0.2) is 21.6 Å². The minimum atomic E-state index is -0.600. The molecule has 0 saturated carbocycles. The van der Waals surface area contributed by atoms with E-state index in [1.807, 2.05) is 19.9 Å². The molecule has 1 aromatic carbocycles. The van der Waals surface area contributed by atoms with Crippen molar-refractivity contribution in [2.75, 3.05) is 0 Å². The Balaban J connectivity index is 2.56. The molecule has 0 unspecified atom stereocenters. The van der Waals surface area contributed by atoms with Crippen LogP contribution in [0.25, 0.3) is 0 Å². The van der Waals surface area contributed by atoms with Gasteiger partial charge in [-0.25, -0.2) is 0 Å². The van der Waals surface area contributed by atoms with E-state index in [-0.39, 0.29) is 29.3 Å². The lowest BCUT2D eigenvalue weighted by Crippen LogP contribution is -2.26. The molecular weight excluding hydrogens is 320 g/mol. The standard InChI is InChI=1S/C19H20N2O4/c1-5-21-18(23)15(10-20)12(4)16(19(21)24)17(22)13-6-8-14(9-7-13)25-11(2)3/h6-9,11,24H,5H2,1-4H3. The molecule has 25 heavy (non-hydrogen) atoms. The molecule has 6 nitrogen and oxygen atoms in total. The number of ketones is 1. The van der Waals surface area contributed by atoms with Crippen molar-refractivity contribution in [3.05, 3.63) is 56.9 Å². The molecule has 0 radical (unpaired) electrons. The molecule has 0 spiro atoms. The third kappa shape index (κ3) is 3.41. The van der Waals surface area contributed by atoms with Gasteiger partial charge in [-0.15, -0.1) is 0 Å². The number of rotatable bonds is 5. The Kier molecular flexibility index (Phi) is 5.28. The van der Waals surface area contributed by atoms with Gasteiger partial charge >= 0.3 is 0 Å². The van der Waals surface area contributed by atoms with E-state index in [1.165, 1.54) is 6.92 Å². The van der Waals surface area contributed by atoms with E-state index in [2.05, 4.69) is 0 Å². The van der Waals surface area contributed by atoms with E-state index >= 15 is 0 Å². The van der Waals surface area contributed by atoms with Crippen molar-refractivity contribution >= 4 is 5.78 Å². The first kappa shape index (κ1) is 18.3. The van der Waals surface area contributed by atoms with Gasteiger partial charge < -0.3 is 9.84 Å². The fraction of sp³-hybridized carbons (Fsp3) is 0.316. The molecular formula is C19H20N2O4. The topological polar surface area (TPSA) is 92.3 Å². The van der Waals surface area contributed by atoms with E-state index in [1.54, 1.807) is 31.2 Å². The Labute approximate surface area is 145 Å². The van der Waals surface area contributed by atoms with Gasteiger partial charge in [0.25, 0.3) is 5.56 Å². The van der Waals surface area contributed by atoms with E-state index in [9.17, 15) is 20.0 Å². The molecule has 6 heteroatoms. The Morgan fingerprint density at radius 1 is 1.32 bits per heavy atom. The molecule has 1 aromatic heterocycles. The van der Waals surface area contributed by atoms with Gasteiger partial charge in [0.05, 0.1) is 11.7 Å². The number of carbonyl (C=O) groups is 1. The predicted molar refractivity (Wildman–Crippen MR) is 93.1 cm³/mol. The highest BCUT2D eigenvalue weighted by Crippen LogP contribution is 2.25. The van der Waals surface area contributed by atoms with Crippen LogP contribution in [0, 0.1) is 18.3 Å². The number of nitriles is 1. The number of nitrogens with zero attached hydrogens (tertiary/aromatic N) is 2. The van der Waals surface area contributed by atoms with Gasteiger partial charge in [-0.1, -0.05) is 0 Å². The zero-order valence-electron chi connectivity index (χ0n) is 14.7. The maximum Gasteiger partial charge on any atom is 0.271 e. The van der Waals surface area contributed by atoms with Crippen molar-refractivity contribution < 1.29 is 14.6 Å². The molecule has 0 saturated heterocycles. The molecule has 0 aliphatic carbocycles. The number of pyridine rings is 1. The van der Waals surface area contributed by atoms with E-state index in [0.29, 0.717) is 11.3 Å². The van der Waals surface area contributed by atoms with Crippen LogP contribution in [0.4, 0.5) is 0 Å². The van der Waals surface area contributed by atoms with Crippen molar-refractivity contribution in [3.8, 4) is 17.7 Å².